The molecule has 0 spiro atoms. The van der Waals surface area contributed by atoms with Gasteiger partial charge in [-0.05, 0) is 28.1 Å². The molecule has 0 aromatic heterocycles. The number of carbonyl (C=O) groups excluding carboxylic acids is 1. The van der Waals surface area contributed by atoms with Crippen LogP contribution in [0.1, 0.15) is 10.4 Å². The summed E-state index contributed by atoms with van der Waals surface area (Å²) in [5, 5.41) is 0. The number of hydrogen-bond donors (Lipinski definition) is 0. The van der Waals surface area contributed by atoms with Crippen LogP contribution in [0.4, 0.5) is 17.6 Å². The van der Waals surface area contributed by atoms with Crippen LogP contribution >= 0.6 is 15.9 Å². The molecule has 0 aliphatic heterocycles. The van der Waals surface area contributed by atoms with Gasteiger partial charge in [-0.3, -0.25) is 4.79 Å². The molecule has 0 amide bonds. The molecular formula is C8H3BrF4O2. The fraction of sp³-hybridized carbons (Fsp3) is 0.125. The van der Waals surface area contributed by atoms with E-state index in [1.54, 1.807) is 0 Å². The van der Waals surface area contributed by atoms with Gasteiger partial charge in [-0.25, -0.2) is 4.39 Å². The van der Waals surface area contributed by atoms with E-state index in [4.69, 9.17) is 0 Å². The summed E-state index contributed by atoms with van der Waals surface area (Å²) in [4.78, 5) is 10.4. The van der Waals surface area contributed by atoms with Gasteiger partial charge in [0.15, 0.2) is 12.1 Å². The molecule has 15 heavy (non-hydrogen) atoms. The lowest BCUT2D eigenvalue weighted by atomic mass is 10.2. The first kappa shape index (κ1) is 12.0. The van der Waals surface area contributed by atoms with Crippen LogP contribution in [-0.2, 0) is 0 Å². The molecule has 0 saturated heterocycles. The molecule has 2 nitrogen and oxygen atoms in total. The molecule has 0 fully saturated rings. The Hall–Kier alpha value is -1.11. The molecule has 0 N–H and O–H groups in total. The van der Waals surface area contributed by atoms with Crippen LogP contribution in [0.25, 0.3) is 0 Å². The maximum absolute atomic E-state index is 13.1. The number of ether oxygens (including phenoxy) is 1. The van der Waals surface area contributed by atoms with Crippen LogP contribution in [-0.4, -0.2) is 12.6 Å². The van der Waals surface area contributed by atoms with E-state index in [0.717, 1.165) is 12.1 Å². The van der Waals surface area contributed by atoms with Crippen LogP contribution in [0.3, 0.4) is 0 Å². The first-order valence-corrected chi connectivity index (χ1v) is 4.33. The summed E-state index contributed by atoms with van der Waals surface area (Å²) in [6.07, 6.45) is -5.00. The lowest BCUT2D eigenvalue weighted by Crippen LogP contribution is -2.18. The van der Waals surface area contributed by atoms with Crippen molar-refractivity contribution in [3.8, 4) is 5.75 Å². The van der Waals surface area contributed by atoms with Gasteiger partial charge in [0.05, 0.1) is 10.0 Å². The van der Waals surface area contributed by atoms with Crippen molar-refractivity contribution in [3.63, 3.8) is 0 Å². The third kappa shape index (κ3) is 2.92. The molecule has 0 unspecified atom stereocenters. The highest BCUT2D eigenvalue weighted by Gasteiger charge is 2.32. The number of hydrogen-bond acceptors (Lipinski definition) is 2. The molecule has 0 heterocycles. The Morgan fingerprint density at radius 3 is 2.40 bits per heavy atom. The lowest BCUT2D eigenvalue weighted by Gasteiger charge is -2.11. The summed E-state index contributed by atoms with van der Waals surface area (Å²) >= 11 is 2.73. The van der Waals surface area contributed by atoms with Gasteiger partial charge in [0.1, 0.15) is 5.75 Å². The van der Waals surface area contributed by atoms with Crippen molar-refractivity contribution < 1.29 is 27.1 Å². The Kier molecular flexibility index (Phi) is 3.33. The highest BCUT2D eigenvalue weighted by molar-refractivity contribution is 9.10. The van der Waals surface area contributed by atoms with Crippen molar-refractivity contribution >= 4 is 22.2 Å². The van der Waals surface area contributed by atoms with Gasteiger partial charge in [-0.1, -0.05) is 0 Å². The molecule has 0 aliphatic carbocycles. The van der Waals surface area contributed by atoms with Gasteiger partial charge in [0, 0.05) is 0 Å². The van der Waals surface area contributed by atoms with Crippen molar-refractivity contribution in [3.05, 3.63) is 28.0 Å². The van der Waals surface area contributed by atoms with Gasteiger partial charge in [0.25, 0.3) is 0 Å². The molecule has 7 heteroatoms. The highest BCUT2D eigenvalue weighted by Crippen LogP contribution is 2.30. The summed E-state index contributed by atoms with van der Waals surface area (Å²) in [7, 11) is 0. The number of carbonyl (C=O) groups is 1. The molecule has 1 aromatic rings. The van der Waals surface area contributed by atoms with E-state index < -0.39 is 23.5 Å². The van der Waals surface area contributed by atoms with E-state index in [0.29, 0.717) is 0 Å². The van der Waals surface area contributed by atoms with Crippen LogP contribution in [0.2, 0.25) is 0 Å². The summed E-state index contributed by atoms with van der Waals surface area (Å²) in [5.74, 6) is -1.95. The molecule has 0 bridgehead atoms. The standard InChI is InChI=1S/C8H3BrF4O2/c9-5-1-2-6(15-8(11,12)13)4(3-14)7(5)10/h1-3H. The smallest absolute Gasteiger partial charge is 0.405 e. The Labute approximate surface area is 90.0 Å². The van der Waals surface area contributed by atoms with Gasteiger partial charge in [0.2, 0.25) is 0 Å². The van der Waals surface area contributed by atoms with E-state index >= 15 is 0 Å². The fourth-order valence-corrected chi connectivity index (χ4v) is 1.22. The minimum absolute atomic E-state index is 0.0405. The Balaban J connectivity index is 3.19. The van der Waals surface area contributed by atoms with E-state index in [2.05, 4.69) is 20.7 Å². The Bertz CT molecular complexity index is 389. The molecule has 0 radical (unpaired) electrons. The molecular weight excluding hydrogens is 284 g/mol. The van der Waals surface area contributed by atoms with Crippen molar-refractivity contribution in [2.24, 2.45) is 0 Å². The van der Waals surface area contributed by atoms with E-state index in [1.807, 2.05) is 0 Å². The maximum atomic E-state index is 13.1. The SMILES string of the molecule is O=Cc1c(OC(F)(F)F)ccc(Br)c1F. The zero-order valence-corrected chi connectivity index (χ0v) is 8.52. The third-order valence-corrected chi connectivity index (χ3v) is 2.05. The number of halogens is 5. The summed E-state index contributed by atoms with van der Waals surface area (Å²) in [6, 6.07) is 1.87. The summed E-state index contributed by atoms with van der Waals surface area (Å²) in [5.41, 5.74) is -0.776. The average Bonchev–Trinajstić information content (AvgIpc) is 2.10. The highest BCUT2D eigenvalue weighted by atomic mass is 79.9. The van der Waals surface area contributed by atoms with Gasteiger partial charge < -0.3 is 4.74 Å². The van der Waals surface area contributed by atoms with Crippen LogP contribution in [0, 0.1) is 5.82 Å². The topological polar surface area (TPSA) is 26.3 Å². The zero-order chi connectivity index (χ0) is 11.6. The van der Waals surface area contributed by atoms with Crippen molar-refractivity contribution in [2.45, 2.75) is 6.36 Å². The quantitative estimate of drug-likeness (QED) is 0.616. The van der Waals surface area contributed by atoms with E-state index in [1.165, 1.54) is 0 Å². The number of rotatable bonds is 2. The monoisotopic (exact) mass is 286 g/mol. The second kappa shape index (κ2) is 4.18. The predicted molar refractivity (Wildman–Crippen MR) is 46.2 cm³/mol. The first-order chi connectivity index (χ1) is 6.85. The number of aldehydes is 1. The maximum Gasteiger partial charge on any atom is 0.573 e. The van der Waals surface area contributed by atoms with Crippen LogP contribution in [0.15, 0.2) is 16.6 Å². The molecule has 0 atom stereocenters. The normalized spacial score (nSPS) is 11.3. The molecule has 1 aromatic carbocycles. The van der Waals surface area contributed by atoms with Gasteiger partial charge in [-0.2, -0.15) is 0 Å². The minimum Gasteiger partial charge on any atom is -0.405 e. The number of alkyl halides is 3. The van der Waals surface area contributed by atoms with Crippen molar-refractivity contribution in [1.82, 2.24) is 0 Å². The fourth-order valence-electron chi connectivity index (χ4n) is 0.872. The zero-order valence-electron chi connectivity index (χ0n) is 6.94. The molecule has 1 rings (SSSR count). The van der Waals surface area contributed by atoms with E-state index in [-0.39, 0.29) is 10.8 Å². The first-order valence-electron chi connectivity index (χ1n) is 3.54. The number of benzene rings is 1. The summed E-state index contributed by atoms with van der Waals surface area (Å²) < 4.78 is 51.9. The lowest BCUT2D eigenvalue weighted by molar-refractivity contribution is -0.274. The van der Waals surface area contributed by atoms with Crippen molar-refractivity contribution in [2.75, 3.05) is 0 Å². The summed E-state index contributed by atoms with van der Waals surface area (Å²) in [6.45, 7) is 0. The molecule has 82 valence electrons. The van der Waals surface area contributed by atoms with Crippen molar-refractivity contribution in [1.29, 1.82) is 0 Å². The van der Waals surface area contributed by atoms with Gasteiger partial charge >= 0.3 is 6.36 Å². The van der Waals surface area contributed by atoms with Gasteiger partial charge in [-0.15, -0.1) is 13.2 Å². The van der Waals surface area contributed by atoms with Crippen LogP contribution in [0.5, 0.6) is 5.75 Å². The molecule has 0 aliphatic rings. The molecule has 0 saturated carbocycles. The second-order valence-corrected chi connectivity index (χ2v) is 3.29. The largest absolute Gasteiger partial charge is 0.573 e. The predicted octanol–water partition coefficient (Wildman–Crippen LogP) is 3.30. The van der Waals surface area contributed by atoms with Crippen LogP contribution < -0.4 is 4.74 Å². The Morgan fingerprint density at radius 2 is 1.93 bits per heavy atom. The minimum atomic E-state index is -4.96. The average molecular weight is 287 g/mol. The Morgan fingerprint density at radius 1 is 1.33 bits per heavy atom. The van der Waals surface area contributed by atoms with E-state index in [9.17, 15) is 22.4 Å². The third-order valence-electron chi connectivity index (χ3n) is 1.44. The second-order valence-electron chi connectivity index (χ2n) is 2.44.